The SMILES string of the molecule is Cn1ccnc1SCc1ccc(C(=O)NN)cn1. The summed E-state index contributed by atoms with van der Waals surface area (Å²) in [7, 11) is 1.94. The molecule has 0 aliphatic carbocycles. The van der Waals surface area contributed by atoms with Gasteiger partial charge < -0.3 is 4.57 Å². The number of hydrogen-bond acceptors (Lipinski definition) is 5. The lowest BCUT2D eigenvalue weighted by Gasteiger charge is -2.03. The zero-order chi connectivity index (χ0) is 13.0. The van der Waals surface area contributed by atoms with Gasteiger partial charge in [-0.15, -0.1) is 0 Å². The second kappa shape index (κ2) is 5.65. The van der Waals surface area contributed by atoms with Gasteiger partial charge in [0.1, 0.15) is 0 Å². The molecule has 0 fully saturated rings. The molecule has 0 aromatic carbocycles. The number of aromatic nitrogens is 3. The van der Waals surface area contributed by atoms with E-state index in [2.05, 4.69) is 15.4 Å². The van der Waals surface area contributed by atoms with Crippen LogP contribution in [0, 0.1) is 0 Å². The summed E-state index contributed by atoms with van der Waals surface area (Å²) in [6.07, 6.45) is 5.16. The van der Waals surface area contributed by atoms with Crippen molar-refractivity contribution in [1.82, 2.24) is 20.0 Å². The molecule has 0 spiro atoms. The van der Waals surface area contributed by atoms with E-state index >= 15 is 0 Å². The van der Waals surface area contributed by atoms with Gasteiger partial charge in [-0.3, -0.25) is 15.2 Å². The highest BCUT2D eigenvalue weighted by Crippen LogP contribution is 2.19. The van der Waals surface area contributed by atoms with E-state index in [4.69, 9.17) is 5.84 Å². The fourth-order valence-corrected chi connectivity index (χ4v) is 2.20. The van der Waals surface area contributed by atoms with Crippen molar-refractivity contribution in [2.24, 2.45) is 12.9 Å². The largest absolute Gasteiger partial charge is 0.329 e. The second-order valence-electron chi connectivity index (χ2n) is 3.62. The average Bonchev–Trinajstić information content (AvgIpc) is 2.81. The molecule has 18 heavy (non-hydrogen) atoms. The number of rotatable bonds is 4. The lowest BCUT2D eigenvalue weighted by atomic mass is 10.2. The molecule has 94 valence electrons. The number of hydrazine groups is 1. The predicted octanol–water partition coefficient (Wildman–Crippen LogP) is 0.711. The van der Waals surface area contributed by atoms with E-state index < -0.39 is 0 Å². The number of carbonyl (C=O) groups is 1. The van der Waals surface area contributed by atoms with E-state index in [-0.39, 0.29) is 5.91 Å². The number of carbonyl (C=O) groups excluding carboxylic acids is 1. The molecule has 0 saturated heterocycles. The molecule has 0 radical (unpaired) electrons. The van der Waals surface area contributed by atoms with Crippen LogP contribution in [0.3, 0.4) is 0 Å². The number of nitrogens with two attached hydrogens (primary N) is 1. The molecular weight excluding hydrogens is 250 g/mol. The Morgan fingerprint density at radius 3 is 2.89 bits per heavy atom. The lowest BCUT2D eigenvalue weighted by molar-refractivity contribution is 0.0953. The fourth-order valence-electron chi connectivity index (χ4n) is 1.36. The minimum absolute atomic E-state index is 0.342. The van der Waals surface area contributed by atoms with E-state index in [9.17, 15) is 4.79 Å². The Morgan fingerprint density at radius 1 is 1.50 bits per heavy atom. The monoisotopic (exact) mass is 263 g/mol. The topological polar surface area (TPSA) is 85.8 Å². The highest BCUT2D eigenvalue weighted by molar-refractivity contribution is 7.98. The maximum atomic E-state index is 11.2. The number of nitrogens with zero attached hydrogens (tertiary/aromatic N) is 3. The van der Waals surface area contributed by atoms with Crippen molar-refractivity contribution in [1.29, 1.82) is 0 Å². The van der Waals surface area contributed by atoms with Crippen molar-refractivity contribution in [3.8, 4) is 0 Å². The van der Waals surface area contributed by atoms with Gasteiger partial charge in [0.2, 0.25) is 0 Å². The summed E-state index contributed by atoms with van der Waals surface area (Å²) < 4.78 is 1.95. The summed E-state index contributed by atoms with van der Waals surface area (Å²) in [6, 6.07) is 3.50. The van der Waals surface area contributed by atoms with Gasteiger partial charge in [-0.05, 0) is 12.1 Å². The summed E-state index contributed by atoms with van der Waals surface area (Å²) in [5.41, 5.74) is 3.40. The molecular formula is C11H13N5OS. The molecule has 0 saturated carbocycles. The first-order valence-corrected chi connectivity index (χ1v) is 6.25. The summed E-state index contributed by atoms with van der Waals surface area (Å²) in [4.78, 5) is 19.6. The van der Waals surface area contributed by atoms with Gasteiger partial charge >= 0.3 is 0 Å². The third kappa shape index (κ3) is 2.88. The molecule has 3 N–H and O–H groups in total. The van der Waals surface area contributed by atoms with Crippen molar-refractivity contribution in [2.75, 3.05) is 0 Å². The highest BCUT2D eigenvalue weighted by Gasteiger charge is 2.05. The van der Waals surface area contributed by atoms with Gasteiger partial charge in [0.15, 0.2) is 5.16 Å². The fraction of sp³-hybridized carbons (Fsp3) is 0.182. The maximum absolute atomic E-state index is 11.2. The van der Waals surface area contributed by atoms with Crippen LogP contribution in [-0.4, -0.2) is 20.4 Å². The number of nitrogens with one attached hydrogen (secondary N) is 1. The van der Waals surface area contributed by atoms with Crippen LogP contribution >= 0.6 is 11.8 Å². The Kier molecular flexibility index (Phi) is 3.96. The first kappa shape index (κ1) is 12.6. The Balaban J connectivity index is 1.98. The molecule has 0 aliphatic rings. The van der Waals surface area contributed by atoms with Crippen molar-refractivity contribution < 1.29 is 4.79 Å². The molecule has 0 atom stereocenters. The van der Waals surface area contributed by atoms with Crippen molar-refractivity contribution in [3.05, 3.63) is 42.0 Å². The molecule has 6 nitrogen and oxygen atoms in total. The Morgan fingerprint density at radius 2 is 2.33 bits per heavy atom. The predicted molar refractivity (Wildman–Crippen MR) is 68.7 cm³/mol. The van der Waals surface area contributed by atoms with Crippen molar-refractivity contribution >= 4 is 17.7 Å². The Labute approximate surface area is 109 Å². The molecule has 0 aliphatic heterocycles. The zero-order valence-corrected chi connectivity index (χ0v) is 10.6. The smallest absolute Gasteiger partial charge is 0.266 e. The van der Waals surface area contributed by atoms with Gasteiger partial charge in [0.25, 0.3) is 5.91 Å². The third-order valence-corrected chi connectivity index (χ3v) is 3.44. The van der Waals surface area contributed by atoms with Crippen LogP contribution in [-0.2, 0) is 12.8 Å². The molecule has 0 unspecified atom stereocenters. The van der Waals surface area contributed by atoms with E-state index in [0.717, 1.165) is 10.9 Å². The molecule has 2 aromatic rings. The molecule has 0 bridgehead atoms. The number of nitrogen functional groups attached to an aromatic ring is 1. The van der Waals surface area contributed by atoms with Gasteiger partial charge in [-0.2, -0.15) is 0 Å². The molecule has 7 heteroatoms. The van der Waals surface area contributed by atoms with Gasteiger partial charge in [0, 0.05) is 31.4 Å². The maximum Gasteiger partial charge on any atom is 0.266 e. The van der Waals surface area contributed by atoms with E-state index in [0.29, 0.717) is 11.3 Å². The number of hydrogen-bond donors (Lipinski definition) is 2. The summed E-state index contributed by atoms with van der Waals surface area (Å²) >= 11 is 1.59. The van der Waals surface area contributed by atoms with E-state index in [1.807, 2.05) is 17.8 Å². The second-order valence-corrected chi connectivity index (χ2v) is 4.56. The van der Waals surface area contributed by atoms with E-state index in [1.165, 1.54) is 6.20 Å². The Bertz CT molecular complexity index is 537. The standard InChI is InChI=1S/C11H13N5OS/c1-16-5-4-13-11(16)18-7-9-3-2-8(6-14-9)10(17)15-12/h2-6H,7,12H2,1H3,(H,15,17). The number of aryl methyl sites for hydroxylation is 1. The minimum Gasteiger partial charge on any atom is -0.329 e. The minimum atomic E-state index is -0.342. The number of thioether (sulfide) groups is 1. The van der Waals surface area contributed by atoms with Crippen molar-refractivity contribution in [2.45, 2.75) is 10.9 Å². The number of pyridine rings is 1. The third-order valence-electron chi connectivity index (χ3n) is 2.34. The van der Waals surface area contributed by atoms with Gasteiger partial charge in [-0.25, -0.2) is 10.8 Å². The highest BCUT2D eigenvalue weighted by atomic mass is 32.2. The van der Waals surface area contributed by atoms with E-state index in [1.54, 1.807) is 30.1 Å². The summed E-state index contributed by atoms with van der Waals surface area (Å²) in [5, 5.41) is 0.931. The molecule has 2 rings (SSSR count). The Hall–Kier alpha value is -1.86. The molecule has 2 heterocycles. The van der Waals surface area contributed by atoms with Crippen LogP contribution in [0.4, 0.5) is 0 Å². The van der Waals surface area contributed by atoms with Crippen LogP contribution in [0.2, 0.25) is 0 Å². The lowest BCUT2D eigenvalue weighted by Crippen LogP contribution is -2.30. The van der Waals surface area contributed by atoms with Crippen LogP contribution in [0.15, 0.2) is 35.9 Å². The first-order chi connectivity index (χ1) is 8.70. The van der Waals surface area contributed by atoms with Crippen molar-refractivity contribution in [3.63, 3.8) is 0 Å². The van der Waals surface area contributed by atoms with Gasteiger partial charge in [0.05, 0.1) is 11.3 Å². The molecule has 2 aromatic heterocycles. The van der Waals surface area contributed by atoms with Gasteiger partial charge in [-0.1, -0.05) is 11.8 Å². The van der Waals surface area contributed by atoms with Crippen LogP contribution in [0.1, 0.15) is 16.1 Å². The summed E-state index contributed by atoms with van der Waals surface area (Å²) in [5.74, 6) is 5.40. The van der Waals surface area contributed by atoms with Crippen LogP contribution in [0.25, 0.3) is 0 Å². The quantitative estimate of drug-likeness (QED) is 0.367. The van der Waals surface area contributed by atoms with Crippen LogP contribution in [0.5, 0.6) is 0 Å². The zero-order valence-electron chi connectivity index (χ0n) is 9.83. The normalized spacial score (nSPS) is 10.3. The van der Waals surface area contributed by atoms with Crippen LogP contribution < -0.4 is 11.3 Å². The first-order valence-electron chi connectivity index (χ1n) is 5.26. The number of amides is 1. The summed E-state index contributed by atoms with van der Waals surface area (Å²) in [6.45, 7) is 0. The average molecular weight is 263 g/mol. The molecule has 1 amide bonds. The number of imidazole rings is 1.